The molecule has 6 nitrogen and oxygen atoms in total. The van der Waals surface area contributed by atoms with E-state index in [4.69, 9.17) is 5.11 Å². The number of pyridine rings is 1. The highest BCUT2D eigenvalue weighted by molar-refractivity contribution is 5.80. The second-order valence-electron chi connectivity index (χ2n) is 4.66. The minimum Gasteiger partial charge on any atom is -0.481 e. The van der Waals surface area contributed by atoms with Gasteiger partial charge < -0.3 is 15.0 Å². The van der Waals surface area contributed by atoms with Gasteiger partial charge in [0.25, 0.3) is 5.56 Å². The molecule has 1 heterocycles. The molecule has 1 aromatic heterocycles. The zero-order chi connectivity index (χ0) is 15.1. The van der Waals surface area contributed by atoms with Gasteiger partial charge in [0.05, 0.1) is 0 Å². The molecule has 1 atom stereocenters. The molecule has 6 heteroatoms. The summed E-state index contributed by atoms with van der Waals surface area (Å²) in [5.41, 5.74) is 0.639. The summed E-state index contributed by atoms with van der Waals surface area (Å²) < 4.78 is 1.40. The van der Waals surface area contributed by atoms with Crippen molar-refractivity contribution in [3.05, 3.63) is 34.2 Å². The van der Waals surface area contributed by atoms with Crippen molar-refractivity contribution in [3.63, 3.8) is 0 Å². The van der Waals surface area contributed by atoms with Gasteiger partial charge in [-0.05, 0) is 31.4 Å². The maximum absolute atomic E-state index is 12.0. The third-order valence-electron chi connectivity index (χ3n) is 3.00. The standard InChI is InChI=1S/C14H20N2O4/c1-3-11(14(20)15-7-4-5-13(18)19)16-8-6-10(2)9-12(16)17/h6,8-9,11H,3-5,7H2,1-2H3,(H,15,20)(H,18,19). The molecule has 1 unspecified atom stereocenters. The van der Waals surface area contributed by atoms with Gasteiger partial charge in [-0.2, -0.15) is 0 Å². The van der Waals surface area contributed by atoms with Gasteiger partial charge in [-0.15, -0.1) is 0 Å². The Morgan fingerprint density at radius 2 is 2.15 bits per heavy atom. The van der Waals surface area contributed by atoms with Gasteiger partial charge >= 0.3 is 5.97 Å². The van der Waals surface area contributed by atoms with Crippen LogP contribution < -0.4 is 10.9 Å². The topological polar surface area (TPSA) is 88.4 Å². The Kier molecular flexibility index (Phi) is 5.96. The molecular weight excluding hydrogens is 260 g/mol. The summed E-state index contributed by atoms with van der Waals surface area (Å²) >= 11 is 0. The highest BCUT2D eigenvalue weighted by atomic mass is 16.4. The first-order valence-electron chi connectivity index (χ1n) is 6.64. The molecule has 0 aromatic carbocycles. The van der Waals surface area contributed by atoms with Gasteiger partial charge in [-0.1, -0.05) is 6.92 Å². The van der Waals surface area contributed by atoms with Crippen LogP contribution >= 0.6 is 0 Å². The average Bonchev–Trinajstić information content (AvgIpc) is 2.37. The van der Waals surface area contributed by atoms with Crippen molar-refractivity contribution in [3.8, 4) is 0 Å². The minimum atomic E-state index is -0.888. The number of nitrogens with zero attached hydrogens (tertiary/aromatic N) is 1. The number of rotatable bonds is 7. The van der Waals surface area contributed by atoms with Gasteiger partial charge in [-0.3, -0.25) is 14.4 Å². The Hall–Kier alpha value is -2.11. The zero-order valence-corrected chi connectivity index (χ0v) is 11.8. The summed E-state index contributed by atoms with van der Waals surface area (Å²) in [6.07, 6.45) is 2.50. The van der Waals surface area contributed by atoms with Crippen molar-refractivity contribution in [1.82, 2.24) is 9.88 Å². The van der Waals surface area contributed by atoms with Crippen LogP contribution in [0.3, 0.4) is 0 Å². The fourth-order valence-corrected chi connectivity index (χ4v) is 1.92. The Labute approximate surface area is 117 Å². The molecule has 0 saturated heterocycles. The lowest BCUT2D eigenvalue weighted by Crippen LogP contribution is -2.37. The first kappa shape index (κ1) is 15.9. The SMILES string of the molecule is CCC(C(=O)NCCCC(=O)O)n1ccc(C)cc1=O. The number of carboxylic acids is 1. The Bertz CT molecular complexity index is 536. The molecule has 0 aliphatic rings. The van der Waals surface area contributed by atoms with Crippen molar-refractivity contribution >= 4 is 11.9 Å². The van der Waals surface area contributed by atoms with Gasteiger partial charge in [0, 0.05) is 25.2 Å². The van der Waals surface area contributed by atoms with E-state index in [2.05, 4.69) is 5.32 Å². The molecule has 0 bridgehead atoms. The van der Waals surface area contributed by atoms with Crippen LogP contribution in [0.2, 0.25) is 0 Å². The lowest BCUT2D eigenvalue weighted by molar-refractivity contribution is -0.137. The maximum Gasteiger partial charge on any atom is 0.303 e. The van der Waals surface area contributed by atoms with E-state index in [9.17, 15) is 14.4 Å². The number of aromatic nitrogens is 1. The summed E-state index contributed by atoms with van der Waals surface area (Å²) in [6, 6.07) is 2.70. The molecule has 0 radical (unpaired) electrons. The smallest absolute Gasteiger partial charge is 0.303 e. The van der Waals surface area contributed by atoms with Crippen LogP contribution in [-0.4, -0.2) is 28.1 Å². The van der Waals surface area contributed by atoms with E-state index in [1.807, 2.05) is 13.8 Å². The third-order valence-corrected chi connectivity index (χ3v) is 3.00. The fraction of sp³-hybridized carbons (Fsp3) is 0.500. The molecule has 1 aromatic rings. The number of hydrogen-bond acceptors (Lipinski definition) is 3. The second kappa shape index (κ2) is 7.47. The van der Waals surface area contributed by atoms with Crippen molar-refractivity contribution < 1.29 is 14.7 Å². The number of carboxylic acid groups (broad SMARTS) is 1. The number of amides is 1. The number of hydrogen-bond donors (Lipinski definition) is 2. The van der Waals surface area contributed by atoms with Crippen LogP contribution in [0.25, 0.3) is 0 Å². The minimum absolute atomic E-state index is 0.0154. The summed E-state index contributed by atoms with van der Waals surface area (Å²) in [6.45, 7) is 3.94. The Balaban J connectivity index is 2.67. The molecule has 1 rings (SSSR count). The van der Waals surface area contributed by atoms with Gasteiger partial charge in [0.15, 0.2) is 0 Å². The van der Waals surface area contributed by atoms with Crippen LogP contribution in [0, 0.1) is 6.92 Å². The number of carbonyl (C=O) groups is 2. The molecule has 0 fully saturated rings. The largest absolute Gasteiger partial charge is 0.481 e. The predicted molar refractivity (Wildman–Crippen MR) is 74.6 cm³/mol. The molecule has 0 spiro atoms. The maximum atomic E-state index is 12.0. The van der Waals surface area contributed by atoms with Crippen molar-refractivity contribution in [2.24, 2.45) is 0 Å². The average molecular weight is 280 g/mol. The van der Waals surface area contributed by atoms with Crippen LogP contribution in [0.4, 0.5) is 0 Å². The highest BCUT2D eigenvalue weighted by Gasteiger charge is 2.18. The lowest BCUT2D eigenvalue weighted by Gasteiger charge is -2.17. The van der Waals surface area contributed by atoms with Gasteiger partial charge in [0.1, 0.15) is 6.04 Å². The van der Waals surface area contributed by atoms with E-state index in [1.54, 1.807) is 12.3 Å². The molecule has 0 aliphatic heterocycles. The molecule has 1 amide bonds. The lowest BCUT2D eigenvalue weighted by atomic mass is 10.2. The molecule has 20 heavy (non-hydrogen) atoms. The van der Waals surface area contributed by atoms with Crippen LogP contribution in [0.1, 0.15) is 37.8 Å². The molecule has 0 aliphatic carbocycles. The molecule has 2 N–H and O–H groups in total. The Morgan fingerprint density at radius 1 is 1.45 bits per heavy atom. The summed E-state index contributed by atoms with van der Waals surface area (Å²) in [7, 11) is 0. The van der Waals surface area contributed by atoms with Crippen molar-refractivity contribution in [2.75, 3.05) is 6.54 Å². The number of nitrogens with one attached hydrogen (secondary N) is 1. The summed E-state index contributed by atoms with van der Waals surface area (Å²) in [4.78, 5) is 34.3. The van der Waals surface area contributed by atoms with Crippen LogP contribution in [0.15, 0.2) is 23.1 Å². The van der Waals surface area contributed by atoms with Gasteiger partial charge in [-0.25, -0.2) is 0 Å². The molecule has 110 valence electrons. The molecule has 0 saturated carbocycles. The summed E-state index contributed by atoms with van der Waals surface area (Å²) in [5.74, 6) is -1.15. The Morgan fingerprint density at radius 3 is 2.70 bits per heavy atom. The third kappa shape index (κ3) is 4.53. The van der Waals surface area contributed by atoms with E-state index in [1.165, 1.54) is 10.6 Å². The number of aryl methyl sites for hydroxylation is 1. The number of aliphatic carboxylic acids is 1. The van der Waals surface area contributed by atoms with E-state index in [-0.39, 0.29) is 17.9 Å². The van der Waals surface area contributed by atoms with E-state index >= 15 is 0 Å². The second-order valence-corrected chi connectivity index (χ2v) is 4.66. The van der Waals surface area contributed by atoms with Crippen LogP contribution in [-0.2, 0) is 9.59 Å². The summed E-state index contributed by atoms with van der Waals surface area (Å²) in [5, 5.41) is 11.2. The monoisotopic (exact) mass is 280 g/mol. The predicted octanol–water partition coefficient (Wildman–Crippen LogP) is 1.09. The van der Waals surface area contributed by atoms with E-state index < -0.39 is 12.0 Å². The first-order valence-corrected chi connectivity index (χ1v) is 6.64. The highest BCUT2D eigenvalue weighted by Crippen LogP contribution is 2.09. The van der Waals surface area contributed by atoms with Crippen LogP contribution in [0.5, 0.6) is 0 Å². The van der Waals surface area contributed by atoms with Crippen molar-refractivity contribution in [2.45, 2.75) is 39.2 Å². The number of carbonyl (C=O) groups excluding carboxylic acids is 1. The fourth-order valence-electron chi connectivity index (χ4n) is 1.92. The zero-order valence-electron chi connectivity index (χ0n) is 11.8. The van der Waals surface area contributed by atoms with E-state index in [0.717, 1.165) is 5.56 Å². The van der Waals surface area contributed by atoms with Gasteiger partial charge in [0.2, 0.25) is 5.91 Å². The normalized spacial score (nSPS) is 11.9. The van der Waals surface area contributed by atoms with E-state index in [0.29, 0.717) is 19.4 Å². The quantitative estimate of drug-likeness (QED) is 0.732. The van der Waals surface area contributed by atoms with Crippen molar-refractivity contribution in [1.29, 1.82) is 0 Å². The first-order chi connectivity index (χ1) is 9.45. The molecular formula is C14H20N2O4.